The van der Waals surface area contributed by atoms with Crippen LogP contribution in [0.25, 0.3) is 22.6 Å². The third kappa shape index (κ3) is 3.09. The van der Waals surface area contributed by atoms with Gasteiger partial charge in [0.1, 0.15) is 0 Å². The first kappa shape index (κ1) is 17.9. The van der Waals surface area contributed by atoms with E-state index in [9.17, 15) is 9.18 Å². The molecule has 7 nitrogen and oxygen atoms in total. The molecule has 148 valence electrons. The summed E-state index contributed by atoms with van der Waals surface area (Å²) in [7, 11) is 0. The Morgan fingerprint density at radius 3 is 2.62 bits per heavy atom. The van der Waals surface area contributed by atoms with Crippen molar-refractivity contribution in [2.75, 3.05) is 13.1 Å². The number of fused-ring (bicyclic) bond motifs is 2. The summed E-state index contributed by atoms with van der Waals surface area (Å²) in [5.74, 6) is -0.111. The topological polar surface area (TPSA) is 76.6 Å². The molecule has 0 aromatic carbocycles. The Labute approximate surface area is 166 Å². The van der Waals surface area contributed by atoms with Gasteiger partial charge in [0, 0.05) is 36.1 Å². The number of rotatable bonds is 2. The van der Waals surface area contributed by atoms with Crippen molar-refractivity contribution in [3.8, 4) is 11.3 Å². The van der Waals surface area contributed by atoms with Gasteiger partial charge in [0.15, 0.2) is 17.1 Å². The summed E-state index contributed by atoms with van der Waals surface area (Å²) in [4.78, 5) is 26.4. The van der Waals surface area contributed by atoms with Gasteiger partial charge in [-0.2, -0.15) is 0 Å². The molecule has 0 atom stereocenters. The zero-order valence-electron chi connectivity index (χ0n) is 16.3. The van der Waals surface area contributed by atoms with E-state index in [2.05, 4.69) is 15.3 Å². The number of pyridine rings is 1. The lowest BCUT2D eigenvalue weighted by Crippen LogP contribution is -2.28. The fraction of sp³-hybridized carbons (Fsp3) is 0.333. The van der Waals surface area contributed by atoms with Crippen molar-refractivity contribution in [2.45, 2.75) is 32.6 Å². The first-order valence-corrected chi connectivity index (χ1v) is 9.76. The van der Waals surface area contributed by atoms with Crippen LogP contribution in [0, 0.1) is 19.7 Å². The second kappa shape index (κ2) is 6.73. The van der Waals surface area contributed by atoms with Crippen molar-refractivity contribution in [1.82, 2.24) is 29.1 Å². The predicted octanol–water partition coefficient (Wildman–Crippen LogP) is 2.63. The van der Waals surface area contributed by atoms with Gasteiger partial charge in [0.25, 0.3) is 5.56 Å². The highest BCUT2D eigenvalue weighted by molar-refractivity contribution is 5.64. The molecular formula is C21H21FN6O. The highest BCUT2D eigenvalue weighted by Crippen LogP contribution is 2.25. The van der Waals surface area contributed by atoms with E-state index in [-0.39, 0.29) is 11.2 Å². The Morgan fingerprint density at radius 2 is 1.83 bits per heavy atom. The molecule has 4 aromatic heterocycles. The van der Waals surface area contributed by atoms with E-state index < -0.39 is 5.82 Å². The average molecular weight is 392 g/mol. The van der Waals surface area contributed by atoms with E-state index in [1.807, 2.05) is 13.8 Å². The quantitative estimate of drug-likeness (QED) is 0.568. The lowest BCUT2D eigenvalue weighted by molar-refractivity contribution is 0.451. The number of imidazole rings is 1. The Balaban J connectivity index is 1.65. The van der Waals surface area contributed by atoms with Crippen LogP contribution >= 0.6 is 0 Å². The molecule has 4 aromatic rings. The van der Waals surface area contributed by atoms with Gasteiger partial charge in [-0.1, -0.05) is 0 Å². The zero-order valence-corrected chi connectivity index (χ0v) is 16.3. The fourth-order valence-electron chi connectivity index (χ4n) is 4.06. The van der Waals surface area contributed by atoms with Crippen molar-refractivity contribution in [1.29, 1.82) is 0 Å². The van der Waals surface area contributed by atoms with Crippen molar-refractivity contribution in [3.63, 3.8) is 0 Å². The van der Waals surface area contributed by atoms with E-state index in [4.69, 9.17) is 4.98 Å². The first-order valence-electron chi connectivity index (χ1n) is 9.76. The molecule has 0 spiro atoms. The molecule has 0 saturated carbocycles. The Hall–Kier alpha value is -3.13. The summed E-state index contributed by atoms with van der Waals surface area (Å²) >= 11 is 0. The van der Waals surface area contributed by atoms with Gasteiger partial charge in [0.05, 0.1) is 22.8 Å². The van der Waals surface area contributed by atoms with Crippen molar-refractivity contribution >= 4 is 11.3 Å². The van der Waals surface area contributed by atoms with Crippen LogP contribution in [0.4, 0.5) is 4.39 Å². The minimum absolute atomic E-state index is 0.201. The predicted molar refractivity (Wildman–Crippen MR) is 108 cm³/mol. The van der Waals surface area contributed by atoms with Crippen molar-refractivity contribution < 1.29 is 4.39 Å². The van der Waals surface area contributed by atoms with Crippen molar-refractivity contribution in [3.05, 3.63) is 64.0 Å². The summed E-state index contributed by atoms with van der Waals surface area (Å²) in [6.07, 6.45) is 7.29. The number of aromatic nitrogens is 5. The molecule has 1 aliphatic rings. The molecular weight excluding hydrogens is 371 g/mol. The second-order valence-electron chi connectivity index (χ2n) is 7.64. The lowest BCUT2D eigenvalue weighted by atomic mass is 9.95. The van der Waals surface area contributed by atoms with E-state index in [1.165, 1.54) is 12.1 Å². The number of aryl methyl sites for hydroxylation is 2. The summed E-state index contributed by atoms with van der Waals surface area (Å²) in [5, 5.41) is 3.35. The maximum Gasteiger partial charge on any atom is 0.258 e. The maximum atomic E-state index is 14.5. The molecule has 29 heavy (non-hydrogen) atoms. The largest absolute Gasteiger partial charge is 0.317 e. The van der Waals surface area contributed by atoms with Crippen LogP contribution in [0.5, 0.6) is 0 Å². The van der Waals surface area contributed by atoms with E-state index in [1.54, 1.807) is 27.4 Å². The van der Waals surface area contributed by atoms with Crippen molar-refractivity contribution in [2.24, 2.45) is 0 Å². The fourth-order valence-corrected chi connectivity index (χ4v) is 4.06. The molecule has 0 radical (unpaired) electrons. The number of hydrogen-bond acceptors (Lipinski definition) is 5. The van der Waals surface area contributed by atoms with E-state index in [0.717, 1.165) is 37.3 Å². The van der Waals surface area contributed by atoms with Gasteiger partial charge in [-0.15, -0.1) is 0 Å². The highest BCUT2D eigenvalue weighted by atomic mass is 19.1. The van der Waals surface area contributed by atoms with Crippen LogP contribution in [0.1, 0.15) is 35.8 Å². The molecule has 0 unspecified atom stereocenters. The van der Waals surface area contributed by atoms with E-state index >= 15 is 0 Å². The first-order chi connectivity index (χ1) is 14.0. The SMILES string of the molecule is Cc1cn2cc(-c3cc(=O)n4cc(C5CCNCC5)nc(C)c4n3)cc(F)c2n1. The molecule has 1 fully saturated rings. The molecule has 0 bridgehead atoms. The molecule has 0 amide bonds. The normalized spacial score (nSPS) is 15.4. The smallest absolute Gasteiger partial charge is 0.258 e. The minimum atomic E-state index is -0.450. The Morgan fingerprint density at radius 1 is 1.03 bits per heavy atom. The summed E-state index contributed by atoms with van der Waals surface area (Å²) in [6, 6.07) is 2.81. The molecule has 0 aliphatic carbocycles. The highest BCUT2D eigenvalue weighted by Gasteiger charge is 2.19. The number of nitrogens with zero attached hydrogens (tertiary/aromatic N) is 5. The third-order valence-electron chi connectivity index (χ3n) is 5.51. The van der Waals surface area contributed by atoms with Crippen LogP contribution < -0.4 is 10.9 Å². The number of halogens is 1. The van der Waals surface area contributed by atoms with Gasteiger partial charge in [0.2, 0.25) is 0 Å². The summed E-state index contributed by atoms with van der Waals surface area (Å²) in [5.41, 5.74) is 3.83. The molecule has 8 heteroatoms. The van der Waals surface area contributed by atoms with Crippen LogP contribution in [0.3, 0.4) is 0 Å². The molecule has 1 aliphatic heterocycles. The molecule has 5 rings (SSSR count). The Bertz CT molecular complexity index is 1300. The monoisotopic (exact) mass is 392 g/mol. The van der Waals surface area contributed by atoms with Gasteiger partial charge in [-0.05, 0) is 45.8 Å². The maximum absolute atomic E-state index is 14.5. The average Bonchev–Trinajstić information content (AvgIpc) is 3.10. The van der Waals surface area contributed by atoms with Crippen LogP contribution in [0.15, 0.2) is 35.5 Å². The van der Waals surface area contributed by atoms with Gasteiger partial charge in [-0.25, -0.2) is 14.4 Å². The van der Waals surface area contributed by atoms with Crippen LogP contribution in [-0.2, 0) is 0 Å². The number of nitrogens with one attached hydrogen (secondary N) is 1. The molecule has 5 heterocycles. The van der Waals surface area contributed by atoms with Gasteiger partial charge in [-0.3, -0.25) is 14.2 Å². The van der Waals surface area contributed by atoms with Gasteiger partial charge >= 0.3 is 0 Å². The third-order valence-corrected chi connectivity index (χ3v) is 5.51. The summed E-state index contributed by atoms with van der Waals surface area (Å²) in [6.45, 7) is 5.58. The van der Waals surface area contributed by atoms with E-state index in [0.29, 0.717) is 28.5 Å². The number of hydrogen-bond donors (Lipinski definition) is 1. The second-order valence-corrected chi connectivity index (χ2v) is 7.64. The van der Waals surface area contributed by atoms with Gasteiger partial charge < -0.3 is 9.72 Å². The molecule has 1 N–H and O–H groups in total. The zero-order chi connectivity index (χ0) is 20.1. The lowest BCUT2D eigenvalue weighted by Gasteiger charge is -2.22. The van der Waals surface area contributed by atoms with Crippen LogP contribution in [-0.4, -0.2) is 36.8 Å². The Kier molecular flexibility index (Phi) is 4.16. The number of piperidine rings is 1. The standard InChI is InChI=1S/C21H21FN6O/c1-12-9-27-10-15(7-16(22)21(27)24-12)17-8-19(29)28-11-18(14-3-5-23-6-4-14)25-13(2)20(28)26-17/h7-11,14,23H,3-6H2,1-2H3. The minimum Gasteiger partial charge on any atom is -0.317 e. The van der Waals surface area contributed by atoms with Crippen LogP contribution in [0.2, 0.25) is 0 Å². The summed E-state index contributed by atoms with van der Waals surface area (Å²) < 4.78 is 17.7. The molecule has 1 saturated heterocycles.